The lowest BCUT2D eigenvalue weighted by Crippen LogP contribution is -2.42. The molecule has 1 unspecified atom stereocenters. The molecule has 210 valence electrons. The Morgan fingerprint density at radius 1 is 0.905 bits per heavy atom. The number of nitrogen functional groups attached to an aromatic ring is 1. The third-order valence-electron chi connectivity index (χ3n) is 7.52. The molecule has 2 heterocycles. The van der Waals surface area contributed by atoms with Crippen molar-refractivity contribution < 1.29 is 29.0 Å². The maximum atomic E-state index is 12.7. The Morgan fingerprint density at radius 2 is 1.52 bits per heavy atom. The van der Waals surface area contributed by atoms with Gasteiger partial charge >= 0.3 is 12.1 Å². The number of nitrogens with one attached hydrogen (secondary N) is 2. The Hall–Kier alpha value is -5.71. The largest absolute Gasteiger partial charge is 0.480 e. The number of pyridine rings is 1. The number of carboxylic acids is 1. The van der Waals surface area contributed by atoms with E-state index in [1.165, 1.54) is 12.1 Å². The van der Waals surface area contributed by atoms with Crippen molar-refractivity contribution >= 4 is 29.7 Å². The number of hydrogen-bond donors (Lipinski definition) is 4. The number of carbonyl (C=O) groups is 4. The van der Waals surface area contributed by atoms with Crippen LogP contribution in [0.4, 0.5) is 10.6 Å². The highest BCUT2D eigenvalue weighted by Crippen LogP contribution is 2.44. The molecule has 11 nitrogen and oxygen atoms in total. The van der Waals surface area contributed by atoms with Crippen molar-refractivity contribution in [1.82, 2.24) is 15.2 Å². The molecule has 1 aliphatic heterocycles. The van der Waals surface area contributed by atoms with Crippen molar-refractivity contribution in [3.63, 3.8) is 0 Å². The quantitative estimate of drug-likeness (QED) is 0.248. The summed E-state index contributed by atoms with van der Waals surface area (Å²) in [6, 6.07) is 21.8. The van der Waals surface area contributed by atoms with E-state index in [-0.39, 0.29) is 35.9 Å². The summed E-state index contributed by atoms with van der Waals surface area (Å²) in [5, 5.41) is 14.3. The highest BCUT2D eigenvalue weighted by atomic mass is 16.5. The van der Waals surface area contributed by atoms with Gasteiger partial charge in [-0.05, 0) is 39.9 Å². The number of fused-ring (bicyclic) bond motifs is 4. The van der Waals surface area contributed by atoms with Crippen LogP contribution in [0.5, 0.6) is 0 Å². The normalized spacial score (nSPS) is 14.0. The molecule has 1 aliphatic carbocycles. The van der Waals surface area contributed by atoms with Gasteiger partial charge in [-0.1, -0.05) is 60.7 Å². The van der Waals surface area contributed by atoms with E-state index in [1.54, 1.807) is 12.1 Å². The van der Waals surface area contributed by atoms with Gasteiger partial charge in [0, 0.05) is 18.4 Å². The predicted octanol–water partition coefficient (Wildman–Crippen LogP) is 2.84. The second-order valence-corrected chi connectivity index (χ2v) is 10.0. The van der Waals surface area contributed by atoms with Crippen molar-refractivity contribution in [3.05, 3.63) is 117 Å². The molecule has 1 atom stereocenters. The lowest BCUT2D eigenvalue weighted by molar-refractivity contribution is -0.139. The molecule has 42 heavy (non-hydrogen) atoms. The Balaban J connectivity index is 1.14. The number of anilines is 1. The Bertz CT molecular complexity index is 1800. The van der Waals surface area contributed by atoms with E-state index in [4.69, 9.17) is 10.5 Å². The minimum Gasteiger partial charge on any atom is -0.480 e. The SMILES string of the molecule is Nc1c2c(cc(=O)n1-c1ccc(CC(NC(=O)OCC3c4ccccc4-c4ccccc43)C(=O)O)cc1)C(=O)NC2=O. The fraction of sp³-hybridized carbons (Fsp3) is 0.129. The van der Waals surface area contributed by atoms with Gasteiger partial charge < -0.3 is 20.9 Å². The molecule has 2 aliphatic rings. The summed E-state index contributed by atoms with van der Waals surface area (Å²) in [5.41, 5.74) is 10.4. The van der Waals surface area contributed by atoms with Gasteiger partial charge in [0.15, 0.2) is 0 Å². The highest BCUT2D eigenvalue weighted by Gasteiger charge is 2.32. The summed E-state index contributed by atoms with van der Waals surface area (Å²) in [6.07, 6.45) is -0.920. The Kier molecular flexibility index (Phi) is 6.54. The number of nitrogens with two attached hydrogens (primary N) is 1. The van der Waals surface area contributed by atoms with Crippen LogP contribution in [0.3, 0.4) is 0 Å². The average molecular weight is 565 g/mol. The number of ether oxygens (including phenoxy) is 1. The smallest absolute Gasteiger partial charge is 0.407 e. The van der Waals surface area contributed by atoms with Crippen molar-refractivity contribution in [2.24, 2.45) is 0 Å². The second kappa shape index (κ2) is 10.4. The molecule has 0 spiro atoms. The molecule has 4 aromatic rings. The van der Waals surface area contributed by atoms with E-state index in [1.807, 2.05) is 48.5 Å². The van der Waals surface area contributed by atoms with Crippen molar-refractivity contribution in [2.45, 2.75) is 18.4 Å². The standard InChI is InChI=1S/C31H24N4O7/c32-27-26-22(28(37)34-29(26)38)14-25(36)35(27)17-11-9-16(10-12-17)13-24(30(39)40)33-31(41)42-15-23-20-7-3-1-5-18(20)19-6-2-4-8-21(19)23/h1-12,14,23-24H,13,15,32H2,(H,33,41)(H,39,40)(H,34,37,38). The number of aliphatic carboxylic acids is 1. The molecule has 0 saturated heterocycles. The molecule has 0 bridgehead atoms. The maximum Gasteiger partial charge on any atom is 0.407 e. The molecule has 0 saturated carbocycles. The van der Waals surface area contributed by atoms with Crippen molar-refractivity contribution in [3.8, 4) is 16.8 Å². The van der Waals surface area contributed by atoms with Crippen LogP contribution in [0.2, 0.25) is 0 Å². The van der Waals surface area contributed by atoms with Crippen LogP contribution in [-0.2, 0) is 16.0 Å². The van der Waals surface area contributed by atoms with Gasteiger partial charge in [0.05, 0.1) is 16.8 Å². The van der Waals surface area contributed by atoms with Crippen LogP contribution in [0.1, 0.15) is 43.3 Å². The van der Waals surface area contributed by atoms with Gasteiger partial charge in [-0.25, -0.2) is 9.59 Å². The van der Waals surface area contributed by atoms with Crippen LogP contribution in [-0.4, -0.2) is 46.2 Å². The summed E-state index contributed by atoms with van der Waals surface area (Å²) >= 11 is 0. The number of amides is 3. The minimum absolute atomic E-state index is 0.0431. The van der Waals surface area contributed by atoms with Gasteiger partial charge in [0.2, 0.25) is 0 Å². The van der Waals surface area contributed by atoms with Gasteiger partial charge in [-0.15, -0.1) is 0 Å². The summed E-state index contributed by atoms with van der Waals surface area (Å²) in [4.78, 5) is 61.3. The molecule has 0 radical (unpaired) electrons. The van der Waals surface area contributed by atoms with Crippen molar-refractivity contribution in [1.29, 1.82) is 0 Å². The number of carbonyl (C=O) groups excluding carboxylic acids is 3. The summed E-state index contributed by atoms with van der Waals surface area (Å²) in [7, 11) is 0. The Labute approximate surface area is 238 Å². The maximum absolute atomic E-state index is 12.7. The van der Waals surface area contributed by atoms with Crippen LogP contribution >= 0.6 is 0 Å². The zero-order chi connectivity index (χ0) is 29.5. The monoisotopic (exact) mass is 564 g/mol. The number of hydrogen-bond acceptors (Lipinski definition) is 7. The number of imide groups is 1. The van der Waals surface area contributed by atoms with E-state index in [2.05, 4.69) is 10.6 Å². The predicted molar refractivity (Wildman–Crippen MR) is 152 cm³/mol. The average Bonchev–Trinajstić information content (AvgIpc) is 3.45. The molecule has 5 N–H and O–H groups in total. The summed E-state index contributed by atoms with van der Waals surface area (Å²) in [6.45, 7) is 0.0431. The number of benzene rings is 3. The molecule has 3 amide bonds. The molecular weight excluding hydrogens is 540 g/mol. The van der Waals surface area contributed by atoms with Crippen LogP contribution in [0, 0.1) is 0 Å². The van der Waals surface area contributed by atoms with Gasteiger partial charge in [-0.3, -0.25) is 24.3 Å². The first-order valence-corrected chi connectivity index (χ1v) is 13.1. The van der Waals surface area contributed by atoms with E-state index in [0.717, 1.165) is 32.9 Å². The molecule has 0 fully saturated rings. The van der Waals surface area contributed by atoms with Gasteiger partial charge in [0.1, 0.15) is 18.5 Å². The molecule has 3 aromatic carbocycles. The number of rotatable bonds is 7. The van der Waals surface area contributed by atoms with E-state index in [0.29, 0.717) is 11.3 Å². The third kappa shape index (κ3) is 4.56. The first-order chi connectivity index (χ1) is 20.2. The molecule has 1 aromatic heterocycles. The first-order valence-electron chi connectivity index (χ1n) is 13.1. The molecule has 11 heteroatoms. The number of carboxylic acid groups (broad SMARTS) is 1. The number of alkyl carbamates (subject to hydrolysis) is 1. The first kappa shape index (κ1) is 26.5. The van der Waals surface area contributed by atoms with Crippen LogP contribution in [0.25, 0.3) is 16.8 Å². The lowest BCUT2D eigenvalue weighted by Gasteiger charge is -2.18. The molecular formula is C31H24N4O7. The zero-order valence-electron chi connectivity index (χ0n) is 22.0. The van der Waals surface area contributed by atoms with Gasteiger partial charge in [-0.2, -0.15) is 0 Å². The fourth-order valence-corrected chi connectivity index (χ4v) is 5.54. The summed E-state index contributed by atoms with van der Waals surface area (Å²) in [5.74, 6) is -2.99. The van der Waals surface area contributed by atoms with Crippen LogP contribution in [0.15, 0.2) is 83.7 Å². The van der Waals surface area contributed by atoms with E-state index >= 15 is 0 Å². The number of nitrogens with zero attached hydrogens (tertiary/aromatic N) is 1. The topological polar surface area (TPSA) is 170 Å². The Morgan fingerprint density at radius 3 is 2.14 bits per heavy atom. The zero-order valence-corrected chi connectivity index (χ0v) is 22.0. The molecule has 6 rings (SSSR count). The summed E-state index contributed by atoms with van der Waals surface area (Å²) < 4.78 is 6.58. The highest BCUT2D eigenvalue weighted by molar-refractivity contribution is 6.23. The lowest BCUT2D eigenvalue weighted by atomic mass is 9.98. The van der Waals surface area contributed by atoms with Crippen LogP contribution < -0.4 is 21.9 Å². The van der Waals surface area contributed by atoms with Crippen molar-refractivity contribution in [2.75, 3.05) is 12.3 Å². The minimum atomic E-state index is -1.28. The van der Waals surface area contributed by atoms with E-state index in [9.17, 15) is 29.1 Å². The number of aromatic nitrogens is 1. The fourth-order valence-electron chi connectivity index (χ4n) is 5.54. The second-order valence-electron chi connectivity index (χ2n) is 10.0. The van der Waals surface area contributed by atoms with Gasteiger partial charge in [0.25, 0.3) is 17.4 Å². The third-order valence-corrected chi connectivity index (χ3v) is 7.52. The van der Waals surface area contributed by atoms with E-state index < -0.39 is 35.5 Å².